The minimum Gasteiger partial charge on any atom is -0.418 e. The van der Waals surface area contributed by atoms with Gasteiger partial charge in [-0.2, -0.15) is 0 Å². The van der Waals surface area contributed by atoms with Gasteiger partial charge in [-0.05, 0) is 32.1 Å². The second kappa shape index (κ2) is 9.21. The first-order valence-corrected chi connectivity index (χ1v) is 15.1. The zero-order valence-electron chi connectivity index (χ0n) is 11.2. The van der Waals surface area contributed by atoms with Crippen molar-refractivity contribution in [1.29, 1.82) is 0 Å². The molecule has 0 saturated carbocycles. The normalized spacial score (nSPS) is 13.1. The monoisotopic (exact) mass is 334 g/mol. The van der Waals surface area contributed by atoms with Gasteiger partial charge in [0, 0.05) is 6.61 Å². The molecule has 0 aromatic carbocycles. The van der Waals surface area contributed by atoms with Crippen LogP contribution in [0.1, 0.15) is 38.5 Å². The van der Waals surface area contributed by atoms with E-state index in [0.29, 0.717) is 0 Å². The van der Waals surface area contributed by atoms with E-state index < -0.39 is 14.3 Å². The Labute approximate surface area is 122 Å². The van der Waals surface area contributed by atoms with Crippen LogP contribution in [0.2, 0.25) is 25.7 Å². The summed E-state index contributed by atoms with van der Waals surface area (Å²) in [5, 5.41) is 0. The number of hydrogen-bond donors (Lipinski definition) is 0. The highest BCUT2D eigenvalue weighted by Gasteiger charge is 2.23. The van der Waals surface area contributed by atoms with Crippen molar-refractivity contribution in [2.45, 2.75) is 64.2 Å². The van der Waals surface area contributed by atoms with E-state index in [1.165, 1.54) is 32.1 Å². The molecular formula is C11H25Cl3OSi2. The molecule has 0 aromatic rings. The van der Waals surface area contributed by atoms with E-state index in [1.54, 1.807) is 0 Å². The van der Waals surface area contributed by atoms with Crippen molar-refractivity contribution in [3.63, 3.8) is 0 Å². The summed E-state index contributed by atoms with van der Waals surface area (Å²) >= 11 is 17.4. The molecule has 0 bridgehead atoms. The number of hydrogen-bond acceptors (Lipinski definition) is 1. The first-order valence-electron chi connectivity index (χ1n) is 6.41. The minimum atomic E-state index is -2.36. The molecule has 0 fully saturated rings. The van der Waals surface area contributed by atoms with E-state index in [1.807, 2.05) is 0 Å². The van der Waals surface area contributed by atoms with E-state index in [-0.39, 0.29) is 0 Å². The van der Waals surface area contributed by atoms with Crippen LogP contribution in [0.5, 0.6) is 0 Å². The van der Waals surface area contributed by atoms with Crippen LogP contribution >= 0.6 is 33.2 Å². The third-order valence-electron chi connectivity index (χ3n) is 2.39. The van der Waals surface area contributed by atoms with Crippen LogP contribution in [-0.2, 0) is 4.43 Å². The molecular weight excluding hydrogens is 311 g/mol. The molecule has 0 saturated heterocycles. The maximum atomic E-state index is 5.81. The molecule has 0 spiro atoms. The lowest BCUT2D eigenvalue weighted by atomic mass is 10.1. The molecule has 0 N–H and O–H groups in total. The molecule has 0 aliphatic heterocycles. The van der Waals surface area contributed by atoms with Gasteiger partial charge in [0.25, 0.3) is 0 Å². The fourth-order valence-corrected chi connectivity index (χ4v) is 4.12. The first kappa shape index (κ1) is 18.3. The third-order valence-corrected chi connectivity index (χ3v) is 6.08. The second-order valence-corrected chi connectivity index (χ2v) is 19.2. The number of rotatable bonds is 10. The Morgan fingerprint density at radius 3 is 1.71 bits per heavy atom. The number of halogens is 3. The molecule has 0 amide bonds. The summed E-state index contributed by atoms with van der Waals surface area (Å²) < 4.78 is 5.79. The first-order chi connectivity index (χ1) is 7.71. The SMILES string of the molecule is C[Si](C)(C)OCCCCCCCC[Si](Cl)(Cl)Cl. The molecule has 0 aromatic heterocycles. The third kappa shape index (κ3) is 17.3. The van der Waals surface area contributed by atoms with Crippen molar-refractivity contribution in [3.05, 3.63) is 0 Å². The van der Waals surface area contributed by atoms with E-state index in [4.69, 9.17) is 37.7 Å². The Balaban J connectivity index is 3.15. The van der Waals surface area contributed by atoms with Crippen LogP contribution in [0.4, 0.5) is 0 Å². The summed E-state index contributed by atoms with van der Waals surface area (Å²) in [4.78, 5) is 0. The van der Waals surface area contributed by atoms with Crippen molar-refractivity contribution in [2.24, 2.45) is 0 Å². The summed E-state index contributed by atoms with van der Waals surface area (Å²) in [6.45, 7) is 7.62. The highest BCUT2D eigenvalue weighted by molar-refractivity contribution is 7.64. The summed E-state index contributed by atoms with van der Waals surface area (Å²) in [6, 6.07) is -1.56. The molecule has 17 heavy (non-hydrogen) atoms. The van der Waals surface area contributed by atoms with Crippen LogP contribution in [0, 0.1) is 0 Å². The van der Waals surface area contributed by atoms with Crippen LogP contribution < -0.4 is 0 Å². The fraction of sp³-hybridized carbons (Fsp3) is 1.00. The Bertz CT molecular complexity index is 170. The van der Waals surface area contributed by atoms with Gasteiger partial charge in [-0.25, -0.2) is 0 Å². The van der Waals surface area contributed by atoms with Gasteiger partial charge < -0.3 is 4.43 Å². The molecule has 0 atom stereocenters. The van der Waals surface area contributed by atoms with Crippen LogP contribution in [-0.4, -0.2) is 20.9 Å². The molecule has 104 valence electrons. The van der Waals surface area contributed by atoms with Gasteiger partial charge in [0.2, 0.25) is 0 Å². The molecule has 0 radical (unpaired) electrons. The maximum Gasteiger partial charge on any atom is 0.341 e. The van der Waals surface area contributed by atoms with E-state index in [9.17, 15) is 0 Å². The standard InChI is InChI=1S/C11H25Cl3OSi2/c1-16(2,3)15-10-8-6-4-5-7-9-11-17(12,13)14/h4-11H2,1-3H3. The van der Waals surface area contributed by atoms with E-state index in [2.05, 4.69) is 19.6 Å². The summed E-state index contributed by atoms with van der Waals surface area (Å²) in [7, 11) is -1.30. The Morgan fingerprint density at radius 2 is 1.24 bits per heavy atom. The summed E-state index contributed by atoms with van der Waals surface area (Å²) in [5.41, 5.74) is 0. The highest BCUT2D eigenvalue weighted by atomic mass is 35.8. The maximum absolute atomic E-state index is 5.81. The van der Waals surface area contributed by atoms with Gasteiger partial charge in [0.1, 0.15) is 0 Å². The molecule has 0 unspecified atom stereocenters. The fourth-order valence-electron chi connectivity index (χ4n) is 1.51. The van der Waals surface area contributed by atoms with Crippen molar-refractivity contribution in [1.82, 2.24) is 0 Å². The predicted octanol–water partition coefficient (Wildman–Crippen LogP) is 5.83. The largest absolute Gasteiger partial charge is 0.418 e. The lowest BCUT2D eigenvalue weighted by Gasteiger charge is -2.16. The Kier molecular flexibility index (Phi) is 9.90. The average molecular weight is 336 g/mol. The molecule has 0 heterocycles. The van der Waals surface area contributed by atoms with Gasteiger partial charge in [-0.1, -0.05) is 32.1 Å². The predicted molar refractivity (Wildman–Crippen MR) is 85.1 cm³/mol. The van der Waals surface area contributed by atoms with Crippen molar-refractivity contribution in [3.8, 4) is 0 Å². The zero-order chi connectivity index (χ0) is 13.4. The van der Waals surface area contributed by atoms with Gasteiger partial charge >= 0.3 is 6.00 Å². The Hall–Kier alpha value is 1.26. The summed E-state index contributed by atoms with van der Waals surface area (Å²) in [5.74, 6) is 0. The van der Waals surface area contributed by atoms with Crippen LogP contribution in [0.15, 0.2) is 0 Å². The van der Waals surface area contributed by atoms with Gasteiger partial charge in [-0.3, -0.25) is 0 Å². The highest BCUT2D eigenvalue weighted by Crippen LogP contribution is 2.27. The molecule has 6 heteroatoms. The van der Waals surface area contributed by atoms with Gasteiger partial charge in [0.05, 0.1) is 0 Å². The molecule has 0 aliphatic carbocycles. The quantitative estimate of drug-likeness (QED) is 0.277. The van der Waals surface area contributed by atoms with Gasteiger partial charge in [0.15, 0.2) is 8.32 Å². The van der Waals surface area contributed by atoms with Crippen LogP contribution in [0.3, 0.4) is 0 Å². The van der Waals surface area contributed by atoms with Crippen molar-refractivity contribution >= 4 is 47.6 Å². The minimum absolute atomic E-state index is 0.802. The number of unbranched alkanes of at least 4 members (excludes halogenated alkanes) is 5. The average Bonchev–Trinajstić information content (AvgIpc) is 2.11. The molecule has 1 nitrogen and oxygen atoms in total. The molecule has 0 aliphatic rings. The second-order valence-electron chi connectivity index (χ2n) is 5.45. The van der Waals surface area contributed by atoms with Gasteiger partial charge in [-0.15, -0.1) is 33.2 Å². The summed E-state index contributed by atoms with van der Waals surface area (Å²) in [6.07, 6.45) is 7.22. The topological polar surface area (TPSA) is 9.23 Å². The van der Waals surface area contributed by atoms with E-state index >= 15 is 0 Å². The Morgan fingerprint density at radius 1 is 0.765 bits per heavy atom. The van der Waals surface area contributed by atoms with Crippen LogP contribution in [0.25, 0.3) is 0 Å². The van der Waals surface area contributed by atoms with E-state index in [0.717, 1.165) is 19.1 Å². The lowest BCUT2D eigenvalue weighted by Crippen LogP contribution is -2.25. The van der Waals surface area contributed by atoms with Crippen molar-refractivity contribution < 1.29 is 4.43 Å². The smallest absolute Gasteiger partial charge is 0.341 e. The lowest BCUT2D eigenvalue weighted by molar-refractivity contribution is 0.298. The molecule has 0 rings (SSSR count). The van der Waals surface area contributed by atoms with Crippen molar-refractivity contribution in [2.75, 3.05) is 6.61 Å². The zero-order valence-corrected chi connectivity index (χ0v) is 15.5.